The van der Waals surface area contributed by atoms with Crippen LogP contribution in [0.1, 0.15) is 17.3 Å². The molecule has 0 aromatic heterocycles. The molecule has 6 nitrogen and oxygen atoms in total. The number of benzene rings is 2. The van der Waals surface area contributed by atoms with Crippen LogP contribution in [0.2, 0.25) is 5.02 Å². The number of halogens is 7. The largest absolute Gasteiger partial charge is 0.573 e. The van der Waals surface area contributed by atoms with E-state index in [9.17, 15) is 35.9 Å². The third-order valence-electron chi connectivity index (χ3n) is 3.81. The summed E-state index contributed by atoms with van der Waals surface area (Å²) in [6, 6.07) is 7.97. The summed E-state index contributed by atoms with van der Waals surface area (Å²) >= 11 is 5.75. The summed E-state index contributed by atoms with van der Waals surface area (Å²) in [6.07, 6.45) is -10.4. The molecule has 32 heavy (non-hydrogen) atoms. The van der Waals surface area contributed by atoms with Gasteiger partial charge in [0, 0.05) is 16.3 Å². The van der Waals surface area contributed by atoms with Crippen molar-refractivity contribution in [3.05, 3.63) is 59.1 Å². The van der Waals surface area contributed by atoms with E-state index in [1.54, 1.807) is 5.32 Å². The maximum Gasteiger partial charge on any atom is 0.573 e. The lowest BCUT2D eigenvalue weighted by Gasteiger charge is -2.35. The fourth-order valence-corrected chi connectivity index (χ4v) is 2.65. The number of amides is 1. The Morgan fingerprint density at radius 3 is 2.12 bits per heavy atom. The molecule has 0 heterocycles. The Morgan fingerprint density at radius 2 is 1.62 bits per heavy atom. The molecule has 0 bridgehead atoms. The number of esters is 1. The van der Waals surface area contributed by atoms with Gasteiger partial charge in [-0.2, -0.15) is 13.2 Å². The van der Waals surface area contributed by atoms with Crippen molar-refractivity contribution in [3.8, 4) is 5.75 Å². The predicted molar refractivity (Wildman–Crippen MR) is 101 cm³/mol. The molecule has 0 saturated heterocycles. The normalized spacial score (nSPS) is 13.6. The lowest BCUT2D eigenvalue weighted by Crippen LogP contribution is -2.69. The molecular weight excluding hydrogens is 470 g/mol. The summed E-state index contributed by atoms with van der Waals surface area (Å²) in [7, 11) is 0. The lowest BCUT2D eigenvalue weighted by atomic mass is 10.1. The van der Waals surface area contributed by atoms with Gasteiger partial charge in [-0.1, -0.05) is 17.7 Å². The van der Waals surface area contributed by atoms with Crippen LogP contribution in [0.3, 0.4) is 0 Å². The van der Waals surface area contributed by atoms with Crippen LogP contribution in [0.15, 0.2) is 48.5 Å². The van der Waals surface area contributed by atoms with Crippen LogP contribution in [-0.2, 0) is 9.53 Å². The molecule has 2 N–H and O–H groups in total. The monoisotopic (exact) mass is 484 g/mol. The smallest absolute Gasteiger partial charge is 0.463 e. The molecule has 0 saturated carbocycles. The van der Waals surface area contributed by atoms with Gasteiger partial charge in [0.1, 0.15) is 5.75 Å². The van der Waals surface area contributed by atoms with Gasteiger partial charge in [-0.3, -0.25) is 4.79 Å². The number of hydrogen-bond donors (Lipinski definition) is 2. The van der Waals surface area contributed by atoms with Crippen LogP contribution < -0.4 is 15.4 Å². The molecule has 0 aliphatic rings. The second-order valence-electron chi connectivity index (χ2n) is 6.13. The molecule has 0 radical (unpaired) electrons. The first-order chi connectivity index (χ1) is 14.8. The Bertz CT molecular complexity index is 966. The van der Waals surface area contributed by atoms with E-state index in [-0.39, 0.29) is 10.6 Å². The van der Waals surface area contributed by atoms with Gasteiger partial charge in [0.25, 0.3) is 5.91 Å². The molecule has 0 fully saturated rings. The Morgan fingerprint density at radius 1 is 1.00 bits per heavy atom. The first-order valence-corrected chi connectivity index (χ1v) is 9.11. The quantitative estimate of drug-likeness (QED) is 0.332. The van der Waals surface area contributed by atoms with Crippen LogP contribution in [0.4, 0.5) is 32.0 Å². The molecule has 13 heteroatoms. The molecule has 1 unspecified atom stereocenters. The zero-order chi connectivity index (χ0) is 24.2. The molecule has 2 aromatic rings. The summed E-state index contributed by atoms with van der Waals surface area (Å²) in [5.74, 6) is -3.92. The van der Waals surface area contributed by atoms with Gasteiger partial charge < -0.3 is 20.1 Å². The molecule has 0 aliphatic carbocycles. The van der Waals surface area contributed by atoms with Crippen LogP contribution in [0, 0.1) is 0 Å². The number of rotatable bonds is 7. The number of nitrogens with one attached hydrogen (secondary N) is 2. The molecule has 0 aliphatic heterocycles. The lowest BCUT2D eigenvalue weighted by molar-refractivity contribution is -0.274. The number of anilines is 1. The second-order valence-corrected chi connectivity index (χ2v) is 6.57. The standard InChI is InChI=1S/C19H15ClF6N2O4/c1-2-31-16(30)17(18(21,22)23,28-15(29)11-4-3-5-12(20)10-11)27-13-6-8-14(9-7-13)32-19(24,25)26/h3-10,27H,2H2,1H3,(H,28,29). The molecule has 1 atom stereocenters. The average molecular weight is 485 g/mol. The van der Waals surface area contributed by atoms with Gasteiger partial charge in [0.05, 0.1) is 6.61 Å². The highest BCUT2D eigenvalue weighted by atomic mass is 35.5. The third kappa shape index (κ3) is 6.19. The minimum Gasteiger partial charge on any atom is -0.463 e. The van der Waals surface area contributed by atoms with Gasteiger partial charge in [-0.05, 0) is 49.4 Å². The van der Waals surface area contributed by atoms with Crippen molar-refractivity contribution >= 4 is 29.2 Å². The van der Waals surface area contributed by atoms with E-state index in [0.29, 0.717) is 0 Å². The maximum atomic E-state index is 14.1. The van der Waals surface area contributed by atoms with E-state index in [1.165, 1.54) is 19.1 Å². The van der Waals surface area contributed by atoms with Crippen molar-refractivity contribution in [1.29, 1.82) is 0 Å². The number of hydrogen-bond acceptors (Lipinski definition) is 5. The zero-order valence-electron chi connectivity index (χ0n) is 16.1. The minimum absolute atomic E-state index is 0.0552. The Hall–Kier alpha value is -3.15. The van der Waals surface area contributed by atoms with Crippen molar-refractivity contribution in [2.75, 3.05) is 11.9 Å². The summed E-state index contributed by atoms with van der Waals surface area (Å²) in [5.41, 5.74) is -4.52. The highest BCUT2D eigenvalue weighted by Crippen LogP contribution is 2.34. The van der Waals surface area contributed by atoms with Crippen LogP contribution in [-0.4, -0.2) is 36.7 Å². The van der Waals surface area contributed by atoms with E-state index >= 15 is 0 Å². The SMILES string of the molecule is CCOC(=O)C(NC(=O)c1cccc(Cl)c1)(Nc1ccc(OC(F)(F)F)cc1)C(F)(F)F. The van der Waals surface area contributed by atoms with Crippen molar-refractivity contribution in [2.45, 2.75) is 25.1 Å². The van der Waals surface area contributed by atoms with Crippen molar-refractivity contribution in [1.82, 2.24) is 5.32 Å². The second kappa shape index (κ2) is 9.55. The van der Waals surface area contributed by atoms with E-state index in [4.69, 9.17) is 11.6 Å². The zero-order valence-corrected chi connectivity index (χ0v) is 16.9. The van der Waals surface area contributed by atoms with Crippen molar-refractivity contribution in [3.63, 3.8) is 0 Å². The maximum absolute atomic E-state index is 14.1. The summed E-state index contributed by atoms with van der Waals surface area (Å²) in [5, 5.41) is 3.46. The van der Waals surface area contributed by atoms with Crippen LogP contribution in [0.25, 0.3) is 0 Å². The summed E-state index contributed by atoms with van der Waals surface area (Å²) in [6.45, 7) is 0.796. The first-order valence-electron chi connectivity index (χ1n) is 8.73. The predicted octanol–water partition coefficient (Wildman–Crippen LogP) is 4.90. The summed E-state index contributed by atoms with van der Waals surface area (Å²) < 4.78 is 87.4. The average Bonchev–Trinajstić information content (AvgIpc) is 2.67. The minimum atomic E-state index is -5.44. The Balaban J connectivity index is 2.45. The molecular formula is C19H15ClF6N2O4. The van der Waals surface area contributed by atoms with Gasteiger partial charge in [0.15, 0.2) is 0 Å². The van der Waals surface area contributed by atoms with Gasteiger partial charge in [-0.25, -0.2) is 4.79 Å². The van der Waals surface area contributed by atoms with Crippen LogP contribution >= 0.6 is 11.6 Å². The fourth-order valence-electron chi connectivity index (χ4n) is 2.46. The highest BCUT2D eigenvalue weighted by Gasteiger charge is 2.63. The van der Waals surface area contributed by atoms with Gasteiger partial charge in [0.2, 0.25) is 0 Å². The number of alkyl halides is 6. The fraction of sp³-hybridized carbons (Fsp3) is 0.263. The Labute approximate surface area is 182 Å². The molecule has 1 amide bonds. The highest BCUT2D eigenvalue weighted by molar-refractivity contribution is 6.31. The van der Waals surface area contributed by atoms with E-state index < -0.39 is 48.1 Å². The first kappa shape index (κ1) is 25.1. The number of carbonyl (C=O) groups is 2. The van der Waals surface area contributed by atoms with Crippen molar-refractivity contribution in [2.24, 2.45) is 0 Å². The van der Waals surface area contributed by atoms with E-state index in [2.05, 4.69) is 9.47 Å². The topological polar surface area (TPSA) is 76.7 Å². The molecule has 2 rings (SSSR count). The van der Waals surface area contributed by atoms with Crippen molar-refractivity contribution < 1.29 is 45.4 Å². The van der Waals surface area contributed by atoms with Gasteiger partial charge >= 0.3 is 24.2 Å². The molecule has 174 valence electrons. The van der Waals surface area contributed by atoms with Gasteiger partial charge in [-0.15, -0.1) is 13.2 Å². The van der Waals surface area contributed by atoms with E-state index in [1.807, 2.05) is 5.32 Å². The van der Waals surface area contributed by atoms with E-state index in [0.717, 1.165) is 36.4 Å². The summed E-state index contributed by atoms with van der Waals surface area (Å²) in [4.78, 5) is 24.9. The van der Waals surface area contributed by atoms with Crippen LogP contribution in [0.5, 0.6) is 5.75 Å². The number of ether oxygens (including phenoxy) is 2. The molecule has 0 spiro atoms. The Kier molecular flexibility index (Phi) is 7.50. The third-order valence-corrected chi connectivity index (χ3v) is 4.05. The number of carbonyl (C=O) groups excluding carboxylic acids is 2. The molecule has 2 aromatic carbocycles.